The summed E-state index contributed by atoms with van der Waals surface area (Å²) in [6.45, 7) is 19.2. The lowest BCUT2D eigenvalue weighted by molar-refractivity contribution is -0.921. The molecule has 0 amide bonds. The highest BCUT2D eigenvalue weighted by molar-refractivity contribution is 6.59. The molecule has 4 nitrogen and oxygen atoms in total. The molecule has 0 radical (unpaired) electrons. The van der Waals surface area contributed by atoms with E-state index in [-0.39, 0.29) is 5.41 Å². The number of hydrogen-bond donors (Lipinski definition) is 0. The first kappa shape index (κ1) is 17.0. The molecule has 19 heavy (non-hydrogen) atoms. The second-order valence-electron chi connectivity index (χ2n) is 6.35. The van der Waals surface area contributed by atoms with Crippen LogP contribution in [0.15, 0.2) is 0 Å². The zero-order valence-electron chi connectivity index (χ0n) is 13.7. The van der Waals surface area contributed by atoms with Crippen LogP contribution in [0, 0.1) is 5.41 Å². The smallest absolute Gasteiger partial charge is 0.376 e. The topological polar surface area (TPSA) is 27.7 Å². The maximum absolute atomic E-state index is 5.39. The Labute approximate surface area is 119 Å². The third-order valence-corrected chi connectivity index (χ3v) is 4.89. The lowest BCUT2D eigenvalue weighted by atomic mass is 9.74. The van der Waals surface area contributed by atoms with Crippen LogP contribution in [0.2, 0.25) is 6.82 Å². The molecule has 0 spiro atoms. The van der Waals surface area contributed by atoms with Crippen molar-refractivity contribution < 1.29 is 18.4 Å². The zero-order valence-corrected chi connectivity index (χ0v) is 13.7. The Morgan fingerprint density at radius 3 is 1.32 bits per heavy atom. The molecule has 3 saturated heterocycles. The fourth-order valence-electron chi connectivity index (χ4n) is 2.67. The first-order valence-corrected chi connectivity index (χ1v) is 7.80. The molecule has 0 N–H and O–H groups in total. The molecule has 3 rings (SSSR count). The Kier molecular flexibility index (Phi) is 5.86. The number of nitrogens with zero attached hydrogens (tertiary/aromatic N) is 1. The predicted octanol–water partition coefficient (Wildman–Crippen LogP) is 2.52. The van der Waals surface area contributed by atoms with Gasteiger partial charge >= 0.3 is 6.75 Å². The molecular formula is C14H32BNO3. The predicted molar refractivity (Wildman–Crippen MR) is 80.0 cm³/mol. The summed E-state index contributed by atoms with van der Waals surface area (Å²) in [5, 5.41) is 0. The van der Waals surface area contributed by atoms with Gasteiger partial charge < -0.3 is 18.4 Å². The van der Waals surface area contributed by atoms with E-state index in [4.69, 9.17) is 14.0 Å². The molecule has 0 aromatic rings. The van der Waals surface area contributed by atoms with E-state index in [0.29, 0.717) is 0 Å². The Hall–Kier alpha value is -0.0951. The lowest BCUT2D eigenvalue weighted by Crippen LogP contribution is -2.61. The number of hydrogen-bond acceptors (Lipinski definition) is 3. The summed E-state index contributed by atoms with van der Waals surface area (Å²) in [4.78, 5) is 0. The number of fused-ring (bicyclic) bond motifs is 3. The maximum atomic E-state index is 5.39. The summed E-state index contributed by atoms with van der Waals surface area (Å²) >= 11 is 0. The molecule has 2 bridgehead atoms. The van der Waals surface area contributed by atoms with Gasteiger partial charge in [-0.15, -0.1) is 6.82 Å². The van der Waals surface area contributed by atoms with Crippen molar-refractivity contribution in [1.29, 1.82) is 0 Å². The summed E-state index contributed by atoms with van der Waals surface area (Å²) < 4.78 is 17.4. The van der Waals surface area contributed by atoms with Crippen molar-refractivity contribution >= 4 is 6.75 Å². The van der Waals surface area contributed by atoms with Gasteiger partial charge in [0.05, 0.1) is 26.2 Å². The standard InChI is InChI=1S/C8H20N.C6H12BO3/c1-5-9(6-2,7-3)8-4;1-6-3-8-7(2,9-4-6)10-5-6/h5-8H2,1-4H3;3-5H2,1-2H3/q+1;-1. The summed E-state index contributed by atoms with van der Waals surface area (Å²) in [6.07, 6.45) is 0. The largest absolute Gasteiger partial charge is 0.544 e. The highest BCUT2D eigenvalue weighted by Crippen LogP contribution is 2.34. The van der Waals surface area contributed by atoms with E-state index in [1.165, 1.54) is 30.7 Å². The number of quaternary nitrogens is 1. The van der Waals surface area contributed by atoms with Gasteiger partial charge in [-0.1, -0.05) is 6.92 Å². The van der Waals surface area contributed by atoms with Crippen molar-refractivity contribution in [2.75, 3.05) is 46.0 Å². The van der Waals surface area contributed by atoms with Crippen molar-refractivity contribution in [1.82, 2.24) is 0 Å². The van der Waals surface area contributed by atoms with Gasteiger partial charge in [-0.05, 0) is 27.7 Å². The minimum Gasteiger partial charge on any atom is -0.544 e. The van der Waals surface area contributed by atoms with Gasteiger partial charge in [-0.25, -0.2) is 0 Å². The van der Waals surface area contributed by atoms with Gasteiger partial charge in [0.1, 0.15) is 0 Å². The average molecular weight is 273 g/mol. The number of rotatable bonds is 4. The van der Waals surface area contributed by atoms with Crippen molar-refractivity contribution in [2.45, 2.75) is 41.4 Å². The third-order valence-electron chi connectivity index (χ3n) is 4.89. The van der Waals surface area contributed by atoms with Crippen LogP contribution >= 0.6 is 0 Å². The van der Waals surface area contributed by atoms with Crippen molar-refractivity contribution in [3.8, 4) is 0 Å². The van der Waals surface area contributed by atoms with E-state index in [0.717, 1.165) is 19.8 Å². The Bertz CT molecular complexity index is 222. The molecule has 3 aliphatic rings. The molecule has 3 fully saturated rings. The fraction of sp³-hybridized carbons (Fsp3) is 1.00. The van der Waals surface area contributed by atoms with Crippen molar-refractivity contribution in [3.63, 3.8) is 0 Å². The van der Waals surface area contributed by atoms with Crippen molar-refractivity contribution in [3.05, 3.63) is 0 Å². The van der Waals surface area contributed by atoms with Crippen LogP contribution < -0.4 is 0 Å². The maximum Gasteiger partial charge on any atom is 0.376 e. The van der Waals surface area contributed by atoms with E-state index in [9.17, 15) is 0 Å². The lowest BCUT2D eigenvalue weighted by Gasteiger charge is -2.56. The first-order valence-electron chi connectivity index (χ1n) is 7.80. The van der Waals surface area contributed by atoms with Crippen LogP contribution in [0.4, 0.5) is 0 Å². The summed E-state index contributed by atoms with van der Waals surface area (Å²) in [7, 11) is 0. The van der Waals surface area contributed by atoms with E-state index in [1.807, 2.05) is 6.82 Å². The molecule has 0 atom stereocenters. The quantitative estimate of drug-likeness (QED) is 0.582. The Morgan fingerprint density at radius 1 is 0.842 bits per heavy atom. The summed E-state index contributed by atoms with van der Waals surface area (Å²) in [5.41, 5.74) is 0.111. The van der Waals surface area contributed by atoms with Crippen LogP contribution in [-0.2, 0) is 14.0 Å². The van der Waals surface area contributed by atoms with Crippen LogP contribution in [0.5, 0.6) is 0 Å². The van der Waals surface area contributed by atoms with Gasteiger partial charge in [-0.2, -0.15) is 0 Å². The Morgan fingerprint density at radius 2 is 1.16 bits per heavy atom. The molecule has 0 unspecified atom stereocenters. The summed E-state index contributed by atoms with van der Waals surface area (Å²) in [6, 6.07) is 0. The minimum atomic E-state index is -1.35. The SMILES string of the molecule is CC[N+](CC)(CC)CC.C[B-]12OCC(C)(CO1)CO2. The van der Waals surface area contributed by atoms with Gasteiger partial charge in [0, 0.05) is 25.2 Å². The van der Waals surface area contributed by atoms with Crippen LogP contribution in [-0.4, -0.2) is 57.2 Å². The molecule has 0 aliphatic carbocycles. The average Bonchev–Trinajstić information content (AvgIpc) is 2.45. The van der Waals surface area contributed by atoms with E-state index < -0.39 is 6.75 Å². The van der Waals surface area contributed by atoms with Crippen LogP contribution in [0.1, 0.15) is 34.6 Å². The molecule has 114 valence electrons. The zero-order chi connectivity index (χ0) is 14.6. The second-order valence-corrected chi connectivity index (χ2v) is 6.35. The molecule has 0 saturated carbocycles. The van der Waals surface area contributed by atoms with Gasteiger partial charge in [0.25, 0.3) is 0 Å². The molecule has 0 aromatic heterocycles. The van der Waals surface area contributed by atoms with Gasteiger partial charge in [-0.3, -0.25) is 0 Å². The van der Waals surface area contributed by atoms with Crippen molar-refractivity contribution in [2.24, 2.45) is 5.41 Å². The van der Waals surface area contributed by atoms with Gasteiger partial charge in [0.2, 0.25) is 0 Å². The summed E-state index contributed by atoms with van der Waals surface area (Å²) in [5.74, 6) is 0. The van der Waals surface area contributed by atoms with Crippen LogP contribution in [0.3, 0.4) is 0 Å². The van der Waals surface area contributed by atoms with E-state index in [2.05, 4.69) is 34.6 Å². The Balaban J connectivity index is 0.000000192. The van der Waals surface area contributed by atoms with E-state index >= 15 is 0 Å². The molecule has 3 heterocycles. The monoisotopic (exact) mass is 273 g/mol. The first-order chi connectivity index (χ1) is 8.86. The highest BCUT2D eigenvalue weighted by Gasteiger charge is 2.42. The third kappa shape index (κ3) is 4.18. The molecule has 0 aromatic carbocycles. The normalized spacial score (nSPS) is 33.8. The minimum absolute atomic E-state index is 0.111. The fourth-order valence-corrected chi connectivity index (χ4v) is 2.67. The van der Waals surface area contributed by atoms with E-state index in [1.54, 1.807) is 0 Å². The van der Waals surface area contributed by atoms with Crippen LogP contribution in [0.25, 0.3) is 0 Å². The highest BCUT2D eigenvalue weighted by atomic mass is 16.8. The second kappa shape index (κ2) is 6.57. The molecule has 5 heteroatoms. The molecular weight excluding hydrogens is 241 g/mol. The molecule has 3 aliphatic heterocycles. The van der Waals surface area contributed by atoms with Gasteiger partial charge in [0.15, 0.2) is 0 Å².